The number of methoxy groups -OCH3 is 1. The first-order valence-corrected chi connectivity index (χ1v) is 9.32. The Morgan fingerprint density at radius 1 is 1.30 bits per heavy atom. The maximum absolute atomic E-state index is 5.33. The van der Waals surface area contributed by atoms with Gasteiger partial charge in [0, 0.05) is 41.6 Å². The largest absolute Gasteiger partial charge is 0.454 e. The summed E-state index contributed by atoms with van der Waals surface area (Å²) < 4.78 is 14.9. The highest BCUT2D eigenvalue weighted by molar-refractivity contribution is 5.45. The summed E-state index contributed by atoms with van der Waals surface area (Å²) >= 11 is 0. The molecule has 0 saturated carbocycles. The maximum Gasteiger partial charge on any atom is 0.245 e. The first-order valence-electron chi connectivity index (χ1n) is 9.32. The number of hydrazone groups is 1. The zero-order valence-corrected chi connectivity index (χ0v) is 19.2. The van der Waals surface area contributed by atoms with Gasteiger partial charge in [-0.2, -0.15) is 10.1 Å². The summed E-state index contributed by atoms with van der Waals surface area (Å²) in [5.74, 6) is 7.22. The molecular formula is C20H37N7O3. The third kappa shape index (κ3) is 12.2. The van der Waals surface area contributed by atoms with Gasteiger partial charge in [0.05, 0.1) is 0 Å². The standard InChI is InChI=1S/C12H15N5O2.C3H6.C2H6O.C2H6.CH4N2/c1-17(2)12-14-11(15-16-12)13-6-8-3-4-9-10(5-8)19-7-18-9;2*1-3-2;1-2;1-3-2/h3-5H,6-7H2,1-2H3,(H2,13,14,15,16);3H,1H2,2H3;1-2H3;1-2H3;1-2H2. The SMILES string of the molecule is C=CC.C=NN.CC.CN(C)c1n[nH]c(NCc2ccc3c(c2)OCO3)n1.COC. The van der Waals surface area contributed by atoms with Crippen LogP contribution in [0.2, 0.25) is 0 Å². The average Bonchev–Trinajstić information content (AvgIpc) is 3.39. The Morgan fingerprint density at radius 2 is 1.83 bits per heavy atom. The number of nitrogens with zero attached hydrogens (tertiary/aromatic N) is 4. The number of aromatic nitrogens is 3. The van der Waals surface area contributed by atoms with Gasteiger partial charge in [-0.3, -0.25) is 0 Å². The number of allylic oxidation sites excluding steroid dienone is 1. The van der Waals surface area contributed by atoms with Crippen molar-refractivity contribution in [1.29, 1.82) is 0 Å². The molecule has 0 fully saturated rings. The van der Waals surface area contributed by atoms with Gasteiger partial charge in [0.25, 0.3) is 0 Å². The lowest BCUT2D eigenvalue weighted by atomic mass is 10.2. The van der Waals surface area contributed by atoms with Crippen molar-refractivity contribution in [3.63, 3.8) is 0 Å². The van der Waals surface area contributed by atoms with Crippen LogP contribution >= 0.6 is 0 Å². The van der Waals surface area contributed by atoms with E-state index in [0.29, 0.717) is 25.2 Å². The lowest BCUT2D eigenvalue weighted by Crippen LogP contribution is -2.10. The van der Waals surface area contributed by atoms with E-state index in [1.807, 2.05) is 58.0 Å². The molecule has 0 amide bonds. The van der Waals surface area contributed by atoms with Crippen LogP contribution in [0.1, 0.15) is 26.3 Å². The van der Waals surface area contributed by atoms with Gasteiger partial charge < -0.3 is 30.3 Å². The molecule has 2 heterocycles. The van der Waals surface area contributed by atoms with E-state index in [4.69, 9.17) is 9.47 Å². The number of rotatable bonds is 4. The lowest BCUT2D eigenvalue weighted by molar-refractivity contribution is 0.174. The van der Waals surface area contributed by atoms with E-state index in [0.717, 1.165) is 17.1 Å². The molecule has 0 spiro atoms. The second kappa shape index (κ2) is 19.1. The van der Waals surface area contributed by atoms with E-state index in [1.165, 1.54) is 0 Å². The van der Waals surface area contributed by atoms with E-state index in [9.17, 15) is 0 Å². The van der Waals surface area contributed by atoms with Crippen LogP contribution in [0.15, 0.2) is 36.0 Å². The van der Waals surface area contributed by atoms with E-state index >= 15 is 0 Å². The van der Waals surface area contributed by atoms with Crippen molar-refractivity contribution in [2.24, 2.45) is 10.9 Å². The van der Waals surface area contributed by atoms with Gasteiger partial charge in [0.15, 0.2) is 11.5 Å². The van der Waals surface area contributed by atoms with Crippen molar-refractivity contribution in [1.82, 2.24) is 15.2 Å². The molecule has 2 aromatic rings. The van der Waals surface area contributed by atoms with Crippen LogP contribution in [0.25, 0.3) is 0 Å². The Bertz CT molecular complexity index is 685. The number of hydrogen-bond acceptors (Lipinski definition) is 9. The summed E-state index contributed by atoms with van der Waals surface area (Å²) in [7, 11) is 7.04. The highest BCUT2D eigenvalue weighted by atomic mass is 16.7. The molecule has 1 aromatic heterocycles. The molecule has 0 radical (unpaired) electrons. The maximum atomic E-state index is 5.33. The van der Waals surface area contributed by atoms with Crippen molar-refractivity contribution in [3.05, 3.63) is 36.4 Å². The van der Waals surface area contributed by atoms with Crippen LogP contribution < -0.4 is 25.5 Å². The van der Waals surface area contributed by atoms with Crippen molar-refractivity contribution in [2.45, 2.75) is 27.3 Å². The number of ether oxygens (including phenoxy) is 3. The van der Waals surface area contributed by atoms with E-state index in [2.05, 4.69) is 49.5 Å². The van der Waals surface area contributed by atoms with Crippen LogP contribution in [0.5, 0.6) is 11.5 Å². The van der Waals surface area contributed by atoms with Gasteiger partial charge in [0.2, 0.25) is 18.7 Å². The predicted molar refractivity (Wildman–Crippen MR) is 124 cm³/mol. The molecule has 30 heavy (non-hydrogen) atoms. The highest BCUT2D eigenvalue weighted by Crippen LogP contribution is 2.32. The Morgan fingerprint density at radius 3 is 2.33 bits per heavy atom. The molecule has 10 nitrogen and oxygen atoms in total. The Labute approximate surface area is 180 Å². The normalized spacial score (nSPS) is 9.57. The van der Waals surface area contributed by atoms with E-state index in [-0.39, 0.29) is 0 Å². The third-order valence-electron chi connectivity index (χ3n) is 2.77. The van der Waals surface area contributed by atoms with Crippen LogP contribution in [0.3, 0.4) is 0 Å². The van der Waals surface area contributed by atoms with Crippen molar-refractivity contribution in [3.8, 4) is 11.5 Å². The fraction of sp³-hybridized carbons (Fsp3) is 0.450. The number of fused-ring (bicyclic) bond motifs is 1. The molecule has 3 rings (SSSR count). The van der Waals surface area contributed by atoms with Crippen molar-refractivity contribution >= 4 is 18.6 Å². The molecular weight excluding hydrogens is 386 g/mol. The van der Waals surface area contributed by atoms with Gasteiger partial charge in [-0.05, 0) is 24.6 Å². The minimum atomic E-state index is 0.292. The Kier molecular flexibility index (Phi) is 18.4. The molecule has 0 unspecified atom stereocenters. The van der Waals surface area contributed by atoms with Gasteiger partial charge in [-0.15, -0.1) is 11.7 Å². The lowest BCUT2D eigenvalue weighted by Gasteiger charge is -2.05. The van der Waals surface area contributed by atoms with E-state index < -0.39 is 0 Å². The Balaban J connectivity index is 0. The number of anilines is 2. The predicted octanol–water partition coefficient (Wildman–Crippen LogP) is 3.25. The molecule has 0 aliphatic carbocycles. The zero-order chi connectivity index (χ0) is 23.4. The van der Waals surface area contributed by atoms with Crippen LogP contribution in [-0.4, -0.2) is 57.0 Å². The average molecular weight is 424 g/mol. The molecule has 1 aliphatic rings. The van der Waals surface area contributed by atoms with Crippen LogP contribution in [0, 0.1) is 0 Å². The molecule has 4 N–H and O–H groups in total. The minimum Gasteiger partial charge on any atom is -0.454 e. The van der Waals surface area contributed by atoms with Gasteiger partial charge >= 0.3 is 0 Å². The zero-order valence-electron chi connectivity index (χ0n) is 19.2. The van der Waals surface area contributed by atoms with Gasteiger partial charge in [-0.1, -0.05) is 26.0 Å². The van der Waals surface area contributed by atoms with Crippen molar-refractivity contribution in [2.75, 3.05) is 45.3 Å². The fourth-order valence-electron chi connectivity index (χ4n) is 1.77. The monoisotopic (exact) mass is 423 g/mol. The first kappa shape index (κ1) is 28.9. The molecule has 1 aliphatic heterocycles. The summed E-state index contributed by atoms with van der Waals surface area (Å²) in [6.45, 7) is 13.1. The molecule has 1 aromatic carbocycles. The number of nitrogens with one attached hydrogen (secondary N) is 2. The molecule has 0 saturated heterocycles. The summed E-state index contributed by atoms with van der Waals surface area (Å²) in [6, 6.07) is 5.85. The molecule has 10 heteroatoms. The number of benzene rings is 1. The summed E-state index contributed by atoms with van der Waals surface area (Å²) in [5, 5.41) is 12.8. The highest BCUT2D eigenvalue weighted by Gasteiger charge is 2.13. The van der Waals surface area contributed by atoms with Gasteiger partial charge in [0.1, 0.15) is 0 Å². The van der Waals surface area contributed by atoms with Crippen LogP contribution in [0.4, 0.5) is 11.9 Å². The summed E-state index contributed by atoms with van der Waals surface area (Å²) in [5.41, 5.74) is 1.09. The number of aromatic amines is 1. The first-order chi connectivity index (χ1) is 14.5. The summed E-state index contributed by atoms with van der Waals surface area (Å²) in [4.78, 5) is 6.13. The second-order valence-electron chi connectivity index (χ2n) is 5.42. The van der Waals surface area contributed by atoms with Crippen LogP contribution in [-0.2, 0) is 11.3 Å². The minimum absolute atomic E-state index is 0.292. The fourth-order valence-corrected chi connectivity index (χ4v) is 1.77. The molecule has 0 bridgehead atoms. The number of nitrogens with two attached hydrogens (primary N) is 1. The third-order valence-corrected chi connectivity index (χ3v) is 2.77. The number of H-pyrrole nitrogens is 1. The smallest absolute Gasteiger partial charge is 0.245 e. The Hall–Kier alpha value is -3.27. The van der Waals surface area contributed by atoms with E-state index in [1.54, 1.807) is 20.3 Å². The molecule has 170 valence electrons. The van der Waals surface area contributed by atoms with Gasteiger partial charge in [-0.25, -0.2) is 5.10 Å². The second-order valence-corrected chi connectivity index (χ2v) is 5.42. The molecule has 0 atom stereocenters. The topological polar surface area (TPSA) is 123 Å². The summed E-state index contributed by atoms with van der Waals surface area (Å²) in [6.07, 6.45) is 1.75. The number of hydrogen-bond donors (Lipinski definition) is 3. The quantitative estimate of drug-likeness (QED) is 0.296. The van der Waals surface area contributed by atoms with Crippen molar-refractivity contribution < 1.29 is 14.2 Å².